The van der Waals surface area contributed by atoms with Gasteiger partial charge in [0.15, 0.2) is 5.60 Å². The first-order chi connectivity index (χ1) is 12.2. The highest BCUT2D eigenvalue weighted by atomic mass is 16.5. The molecule has 0 amide bonds. The number of hydrogen-bond acceptors (Lipinski definition) is 3. The molecule has 0 unspecified atom stereocenters. The van der Waals surface area contributed by atoms with Crippen molar-refractivity contribution in [2.75, 3.05) is 14.2 Å². The van der Waals surface area contributed by atoms with Crippen molar-refractivity contribution in [3.05, 3.63) is 77.9 Å². The number of ether oxygens (including phenoxy) is 3. The minimum atomic E-state index is -0.607. The van der Waals surface area contributed by atoms with Crippen LogP contribution in [0.5, 0.6) is 17.2 Å². The van der Waals surface area contributed by atoms with Gasteiger partial charge in [0, 0.05) is 17.2 Å². The molecule has 0 spiro atoms. The van der Waals surface area contributed by atoms with Crippen LogP contribution in [-0.4, -0.2) is 14.2 Å². The van der Waals surface area contributed by atoms with Crippen LogP contribution in [0.3, 0.4) is 0 Å². The molecule has 1 aliphatic heterocycles. The van der Waals surface area contributed by atoms with Gasteiger partial charge in [-0.25, -0.2) is 0 Å². The SMILES string of the molecule is COc1ccc2c(c1)O[C@](C)(c1ccccc1)c1cc(OC)ccc1-2. The fourth-order valence-electron chi connectivity index (χ4n) is 3.46. The fraction of sp³-hybridized carbons (Fsp3) is 0.182. The van der Waals surface area contributed by atoms with E-state index in [0.717, 1.165) is 39.5 Å². The van der Waals surface area contributed by atoms with Gasteiger partial charge in [0.25, 0.3) is 0 Å². The van der Waals surface area contributed by atoms with Crippen LogP contribution in [0.4, 0.5) is 0 Å². The van der Waals surface area contributed by atoms with Crippen LogP contribution in [0, 0.1) is 0 Å². The van der Waals surface area contributed by atoms with E-state index >= 15 is 0 Å². The van der Waals surface area contributed by atoms with E-state index in [1.807, 2.05) is 42.5 Å². The van der Waals surface area contributed by atoms with Crippen molar-refractivity contribution < 1.29 is 14.2 Å². The van der Waals surface area contributed by atoms with Crippen molar-refractivity contribution in [1.29, 1.82) is 0 Å². The smallest absolute Gasteiger partial charge is 0.157 e. The Morgan fingerprint density at radius 2 is 1.40 bits per heavy atom. The number of fused-ring (bicyclic) bond motifs is 3. The van der Waals surface area contributed by atoms with Gasteiger partial charge in [0.05, 0.1) is 14.2 Å². The van der Waals surface area contributed by atoms with Gasteiger partial charge in [-0.15, -0.1) is 0 Å². The molecule has 0 saturated heterocycles. The van der Waals surface area contributed by atoms with Crippen LogP contribution < -0.4 is 14.2 Å². The third kappa shape index (κ3) is 2.43. The Labute approximate surface area is 147 Å². The lowest BCUT2D eigenvalue weighted by atomic mass is 9.80. The Balaban J connectivity index is 1.99. The van der Waals surface area contributed by atoms with Gasteiger partial charge in [0.2, 0.25) is 0 Å². The van der Waals surface area contributed by atoms with Crippen molar-refractivity contribution in [2.45, 2.75) is 12.5 Å². The van der Waals surface area contributed by atoms with Gasteiger partial charge < -0.3 is 14.2 Å². The van der Waals surface area contributed by atoms with Crippen molar-refractivity contribution in [3.63, 3.8) is 0 Å². The quantitative estimate of drug-likeness (QED) is 0.673. The zero-order valence-electron chi connectivity index (χ0n) is 14.6. The summed E-state index contributed by atoms with van der Waals surface area (Å²) >= 11 is 0. The Bertz CT molecular complexity index is 918. The second kappa shape index (κ2) is 5.85. The molecule has 0 bridgehead atoms. The molecule has 25 heavy (non-hydrogen) atoms. The van der Waals surface area contributed by atoms with Gasteiger partial charge in [-0.1, -0.05) is 36.4 Å². The highest BCUT2D eigenvalue weighted by Gasteiger charge is 2.38. The van der Waals surface area contributed by atoms with Crippen LogP contribution in [0.2, 0.25) is 0 Å². The van der Waals surface area contributed by atoms with E-state index in [-0.39, 0.29) is 0 Å². The summed E-state index contributed by atoms with van der Waals surface area (Å²) in [6.07, 6.45) is 0. The van der Waals surface area contributed by atoms with E-state index in [9.17, 15) is 0 Å². The maximum absolute atomic E-state index is 6.54. The number of methoxy groups -OCH3 is 2. The van der Waals surface area contributed by atoms with Gasteiger partial charge in [-0.05, 0) is 42.3 Å². The molecule has 1 heterocycles. The summed E-state index contributed by atoms with van der Waals surface area (Å²) < 4.78 is 17.4. The lowest BCUT2D eigenvalue weighted by molar-refractivity contribution is 0.128. The third-order valence-electron chi connectivity index (χ3n) is 4.86. The van der Waals surface area contributed by atoms with Crippen molar-refractivity contribution in [3.8, 4) is 28.4 Å². The summed E-state index contributed by atoms with van der Waals surface area (Å²) in [4.78, 5) is 0. The Morgan fingerprint density at radius 1 is 0.760 bits per heavy atom. The average Bonchev–Trinajstić information content (AvgIpc) is 2.68. The number of benzene rings is 3. The second-order valence-electron chi connectivity index (χ2n) is 6.27. The number of rotatable bonds is 3. The van der Waals surface area contributed by atoms with Gasteiger partial charge in [-0.3, -0.25) is 0 Å². The lowest BCUT2D eigenvalue weighted by Gasteiger charge is -2.38. The van der Waals surface area contributed by atoms with Crippen molar-refractivity contribution in [2.24, 2.45) is 0 Å². The molecule has 1 aliphatic rings. The molecular weight excluding hydrogens is 312 g/mol. The molecule has 126 valence electrons. The van der Waals surface area contributed by atoms with E-state index < -0.39 is 5.60 Å². The van der Waals surface area contributed by atoms with E-state index in [1.54, 1.807) is 14.2 Å². The Hall–Kier alpha value is -2.94. The van der Waals surface area contributed by atoms with E-state index in [0.29, 0.717) is 0 Å². The maximum atomic E-state index is 6.54. The first-order valence-corrected chi connectivity index (χ1v) is 8.27. The molecule has 3 nitrogen and oxygen atoms in total. The Kier molecular flexibility index (Phi) is 3.65. The number of hydrogen-bond donors (Lipinski definition) is 0. The second-order valence-corrected chi connectivity index (χ2v) is 6.27. The highest BCUT2D eigenvalue weighted by Crippen LogP contribution is 2.49. The zero-order valence-corrected chi connectivity index (χ0v) is 14.6. The van der Waals surface area contributed by atoms with Crippen molar-refractivity contribution in [1.82, 2.24) is 0 Å². The molecule has 3 aromatic carbocycles. The summed E-state index contributed by atoms with van der Waals surface area (Å²) in [5.41, 5.74) is 3.79. The Morgan fingerprint density at radius 3 is 2.08 bits per heavy atom. The van der Waals surface area contributed by atoms with E-state index in [4.69, 9.17) is 14.2 Å². The first-order valence-electron chi connectivity index (χ1n) is 8.27. The van der Waals surface area contributed by atoms with Crippen molar-refractivity contribution >= 4 is 0 Å². The molecular formula is C22H20O3. The predicted octanol–water partition coefficient (Wildman–Crippen LogP) is 5.03. The van der Waals surface area contributed by atoms with Gasteiger partial charge in [0.1, 0.15) is 17.2 Å². The molecule has 4 rings (SSSR count). The van der Waals surface area contributed by atoms with E-state index in [2.05, 4.69) is 31.2 Å². The van der Waals surface area contributed by atoms with E-state index in [1.165, 1.54) is 0 Å². The van der Waals surface area contributed by atoms with Gasteiger partial charge >= 0.3 is 0 Å². The molecule has 0 aromatic heterocycles. The maximum Gasteiger partial charge on any atom is 0.157 e. The minimum Gasteiger partial charge on any atom is -0.497 e. The zero-order chi connectivity index (χ0) is 17.4. The molecule has 0 fully saturated rings. The fourth-order valence-corrected chi connectivity index (χ4v) is 3.46. The highest BCUT2D eigenvalue weighted by molar-refractivity contribution is 5.79. The van der Waals surface area contributed by atoms with Crippen LogP contribution in [-0.2, 0) is 5.60 Å². The third-order valence-corrected chi connectivity index (χ3v) is 4.86. The normalized spacial score (nSPS) is 17.9. The standard InChI is InChI=1S/C22H20O3/c1-22(15-7-5-4-6-8-15)20-13-16(23-2)9-11-18(20)19-12-10-17(24-3)14-21(19)25-22/h4-14H,1-3H3/t22-/m1/s1. The lowest BCUT2D eigenvalue weighted by Crippen LogP contribution is -2.34. The van der Waals surface area contributed by atoms with Crippen LogP contribution >= 0.6 is 0 Å². The van der Waals surface area contributed by atoms with Gasteiger partial charge in [-0.2, -0.15) is 0 Å². The molecule has 3 aromatic rings. The summed E-state index contributed by atoms with van der Waals surface area (Å²) in [6, 6.07) is 22.4. The molecule has 1 atom stereocenters. The predicted molar refractivity (Wildman–Crippen MR) is 98.5 cm³/mol. The first kappa shape index (κ1) is 15.6. The largest absolute Gasteiger partial charge is 0.497 e. The molecule has 3 heteroatoms. The summed E-state index contributed by atoms with van der Waals surface area (Å²) in [5, 5.41) is 0. The monoisotopic (exact) mass is 332 g/mol. The summed E-state index contributed by atoms with van der Waals surface area (Å²) in [5.74, 6) is 2.43. The topological polar surface area (TPSA) is 27.7 Å². The summed E-state index contributed by atoms with van der Waals surface area (Å²) in [6.45, 7) is 2.10. The van der Waals surface area contributed by atoms with Crippen LogP contribution in [0.25, 0.3) is 11.1 Å². The molecule has 0 N–H and O–H groups in total. The molecule has 0 radical (unpaired) electrons. The van der Waals surface area contributed by atoms with Crippen LogP contribution in [0.1, 0.15) is 18.1 Å². The van der Waals surface area contributed by atoms with Crippen LogP contribution in [0.15, 0.2) is 66.7 Å². The summed E-state index contributed by atoms with van der Waals surface area (Å²) in [7, 11) is 3.35. The minimum absolute atomic E-state index is 0.607. The molecule has 0 saturated carbocycles. The molecule has 0 aliphatic carbocycles. The average molecular weight is 332 g/mol.